The molecule has 2 atom stereocenters. The van der Waals surface area contributed by atoms with E-state index in [9.17, 15) is 5.11 Å². The van der Waals surface area contributed by atoms with Crippen LogP contribution in [0.25, 0.3) is 0 Å². The predicted octanol–water partition coefficient (Wildman–Crippen LogP) is 1.48. The second-order valence-corrected chi connectivity index (χ2v) is 4.29. The Kier molecular flexibility index (Phi) is 4.18. The maximum Gasteiger partial charge on any atom is 0.138 e. The number of aromatic nitrogens is 2. The Hall–Kier alpha value is -0.610. The van der Waals surface area contributed by atoms with E-state index in [1.165, 1.54) is 0 Å². The molecule has 1 heterocycles. The van der Waals surface area contributed by atoms with Crippen LogP contribution in [0.5, 0.6) is 0 Å². The second kappa shape index (κ2) is 5.19. The summed E-state index contributed by atoms with van der Waals surface area (Å²) in [6.07, 6.45) is 3.18. The van der Waals surface area contributed by atoms with Gasteiger partial charge in [0, 0.05) is 17.6 Å². The molecule has 0 radical (unpaired) electrons. The van der Waals surface area contributed by atoms with Gasteiger partial charge in [0.05, 0.1) is 11.9 Å². The summed E-state index contributed by atoms with van der Waals surface area (Å²) in [5, 5.41) is 9.46. The zero-order chi connectivity index (χ0) is 9.68. The Labute approximate surface area is 82.6 Å². The van der Waals surface area contributed by atoms with Gasteiger partial charge in [-0.3, -0.25) is 0 Å². The molecular formula is C9H14N2OS. The van der Waals surface area contributed by atoms with Crippen LogP contribution in [0.4, 0.5) is 0 Å². The fraction of sp³-hybridized carbons (Fsp3) is 0.556. The first-order valence-electron chi connectivity index (χ1n) is 4.25. The molecule has 4 heteroatoms. The van der Waals surface area contributed by atoms with Crippen LogP contribution in [0.3, 0.4) is 0 Å². The normalized spacial score (nSPS) is 15.3. The van der Waals surface area contributed by atoms with Crippen molar-refractivity contribution in [3.05, 3.63) is 24.3 Å². The van der Waals surface area contributed by atoms with Gasteiger partial charge in [0.1, 0.15) is 5.82 Å². The minimum Gasteiger partial charge on any atom is -0.392 e. The molecule has 0 amide bonds. The third-order valence-corrected chi connectivity index (χ3v) is 3.12. The molecule has 0 fully saturated rings. The number of nitrogens with zero attached hydrogens (tertiary/aromatic N) is 2. The molecule has 1 aromatic heterocycles. The standard InChI is InChI=1S/C9H14N2OS/c1-7(12)8(2)13-6-9-10-4-3-5-11-9/h3-5,7-8,12H,6H2,1-2H3. The van der Waals surface area contributed by atoms with Gasteiger partial charge < -0.3 is 5.11 Å². The predicted molar refractivity (Wildman–Crippen MR) is 54.5 cm³/mol. The van der Waals surface area contributed by atoms with Crippen LogP contribution >= 0.6 is 11.8 Å². The van der Waals surface area contributed by atoms with Crippen molar-refractivity contribution in [3.63, 3.8) is 0 Å². The zero-order valence-corrected chi connectivity index (χ0v) is 8.66. The molecule has 0 aliphatic rings. The van der Waals surface area contributed by atoms with Crippen LogP contribution in [-0.2, 0) is 5.75 Å². The molecule has 2 unspecified atom stereocenters. The summed E-state index contributed by atoms with van der Waals surface area (Å²) in [6.45, 7) is 3.79. The van der Waals surface area contributed by atoms with E-state index in [0.717, 1.165) is 11.6 Å². The van der Waals surface area contributed by atoms with Crippen molar-refractivity contribution in [2.24, 2.45) is 0 Å². The van der Waals surface area contributed by atoms with Crippen LogP contribution in [0.1, 0.15) is 19.7 Å². The summed E-state index contributed by atoms with van der Waals surface area (Å²) in [6, 6.07) is 1.80. The number of hydrogen-bond donors (Lipinski definition) is 1. The fourth-order valence-electron chi connectivity index (χ4n) is 0.750. The average molecular weight is 198 g/mol. The monoisotopic (exact) mass is 198 g/mol. The van der Waals surface area contributed by atoms with Gasteiger partial charge in [0.15, 0.2) is 0 Å². The second-order valence-electron chi connectivity index (χ2n) is 2.92. The smallest absolute Gasteiger partial charge is 0.138 e. The Bertz CT molecular complexity index is 241. The largest absolute Gasteiger partial charge is 0.392 e. The Morgan fingerprint density at radius 3 is 2.54 bits per heavy atom. The lowest BCUT2D eigenvalue weighted by Gasteiger charge is -2.12. The summed E-state index contributed by atoms with van der Waals surface area (Å²) in [5.41, 5.74) is 0. The van der Waals surface area contributed by atoms with Gasteiger partial charge in [0.2, 0.25) is 0 Å². The van der Waals surface area contributed by atoms with E-state index in [1.54, 1.807) is 37.1 Å². The molecule has 1 N–H and O–H groups in total. The number of hydrogen-bond acceptors (Lipinski definition) is 4. The highest BCUT2D eigenvalue weighted by molar-refractivity contribution is 7.99. The van der Waals surface area contributed by atoms with E-state index in [-0.39, 0.29) is 11.4 Å². The number of rotatable bonds is 4. The van der Waals surface area contributed by atoms with E-state index < -0.39 is 0 Å². The lowest BCUT2D eigenvalue weighted by molar-refractivity contribution is 0.196. The Balaban J connectivity index is 2.35. The minimum atomic E-state index is -0.284. The van der Waals surface area contributed by atoms with E-state index in [0.29, 0.717) is 0 Å². The number of aliphatic hydroxyl groups is 1. The van der Waals surface area contributed by atoms with E-state index in [2.05, 4.69) is 9.97 Å². The molecule has 0 aliphatic heterocycles. The highest BCUT2D eigenvalue weighted by atomic mass is 32.2. The molecule has 72 valence electrons. The third-order valence-electron chi connectivity index (χ3n) is 1.77. The van der Waals surface area contributed by atoms with Crippen LogP contribution < -0.4 is 0 Å². The summed E-state index contributed by atoms with van der Waals surface area (Å²) >= 11 is 1.66. The molecule has 0 aliphatic carbocycles. The SMILES string of the molecule is CC(O)C(C)SCc1ncccn1. The van der Waals surface area contributed by atoms with Gasteiger partial charge in [-0.2, -0.15) is 0 Å². The van der Waals surface area contributed by atoms with Gasteiger partial charge in [-0.05, 0) is 13.0 Å². The molecule has 13 heavy (non-hydrogen) atoms. The minimum absolute atomic E-state index is 0.226. The van der Waals surface area contributed by atoms with Gasteiger partial charge in [0.25, 0.3) is 0 Å². The van der Waals surface area contributed by atoms with Crippen LogP contribution in [-0.4, -0.2) is 26.4 Å². The van der Waals surface area contributed by atoms with Crippen molar-refractivity contribution in [2.45, 2.75) is 31.0 Å². The molecule has 1 aromatic rings. The van der Waals surface area contributed by atoms with E-state index in [1.807, 2.05) is 6.92 Å². The third kappa shape index (κ3) is 3.74. The van der Waals surface area contributed by atoms with Crippen molar-refractivity contribution in [2.75, 3.05) is 0 Å². The molecule has 3 nitrogen and oxygen atoms in total. The first-order chi connectivity index (χ1) is 6.20. The molecule has 1 rings (SSSR count). The summed E-state index contributed by atoms with van der Waals surface area (Å²) < 4.78 is 0. The Morgan fingerprint density at radius 2 is 2.00 bits per heavy atom. The molecule has 0 spiro atoms. The maximum absolute atomic E-state index is 9.24. The fourth-order valence-corrected chi connectivity index (χ4v) is 1.59. The van der Waals surface area contributed by atoms with Crippen molar-refractivity contribution >= 4 is 11.8 Å². The van der Waals surface area contributed by atoms with Crippen molar-refractivity contribution in [1.29, 1.82) is 0 Å². The highest BCUT2D eigenvalue weighted by Gasteiger charge is 2.09. The molecule has 0 saturated carbocycles. The van der Waals surface area contributed by atoms with Crippen molar-refractivity contribution in [1.82, 2.24) is 9.97 Å². The molecule has 0 bridgehead atoms. The van der Waals surface area contributed by atoms with Gasteiger partial charge in [-0.25, -0.2) is 9.97 Å². The number of aliphatic hydroxyl groups excluding tert-OH is 1. The maximum atomic E-state index is 9.24. The molecular weight excluding hydrogens is 184 g/mol. The zero-order valence-electron chi connectivity index (χ0n) is 7.84. The van der Waals surface area contributed by atoms with Gasteiger partial charge in [-0.15, -0.1) is 11.8 Å². The first-order valence-corrected chi connectivity index (χ1v) is 5.30. The lowest BCUT2D eigenvalue weighted by atomic mass is 10.3. The quantitative estimate of drug-likeness (QED) is 0.796. The van der Waals surface area contributed by atoms with Crippen molar-refractivity contribution < 1.29 is 5.11 Å². The lowest BCUT2D eigenvalue weighted by Crippen LogP contribution is -2.15. The van der Waals surface area contributed by atoms with E-state index in [4.69, 9.17) is 0 Å². The average Bonchev–Trinajstić information content (AvgIpc) is 2.15. The topological polar surface area (TPSA) is 46.0 Å². The molecule has 0 aromatic carbocycles. The van der Waals surface area contributed by atoms with Crippen LogP contribution in [0.15, 0.2) is 18.5 Å². The van der Waals surface area contributed by atoms with Crippen LogP contribution in [0.2, 0.25) is 0 Å². The van der Waals surface area contributed by atoms with Gasteiger partial charge in [-0.1, -0.05) is 6.92 Å². The van der Waals surface area contributed by atoms with Crippen molar-refractivity contribution in [3.8, 4) is 0 Å². The molecule has 0 saturated heterocycles. The number of thioether (sulfide) groups is 1. The highest BCUT2D eigenvalue weighted by Crippen LogP contribution is 2.17. The summed E-state index contributed by atoms with van der Waals surface area (Å²) in [5.74, 6) is 1.58. The van der Waals surface area contributed by atoms with Gasteiger partial charge >= 0.3 is 0 Å². The van der Waals surface area contributed by atoms with Crippen LogP contribution in [0, 0.1) is 0 Å². The Morgan fingerprint density at radius 1 is 1.38 bits per heavy atom. The van der Waals surface area contributed by atoms with E-state index >= 15 is 0 Å². The summed E-state index contributed by atoms with van der Waals surface area (Å²) in [4.78, 5) is 8.19. The first kappa shape index (κ1) is 10.5. The summed E-state index contributed by atoms with van der Waals surface area (Å²) in [7, 11) is 0.